The van der Waals surface area contributed by atoms with E-state index in [1.165, 1.54) is 19.2 Å². The van der Waals surface area contributed by atoms with Crippen molar-refractivity contribution in [2.45, 2.75) is 6.61 Å². The SMILES string of the molecule is COCc1nc(N)cc(Nc2c(Cl)cc(F)cc2Br)n1. The predicted octanol–water partition coefficient (Wildman–Crippen LogP) is 3.50. The van der Waals surface area contributed by atoms with Gasteiger partial charge in [-0.3, -0.25) is 0 Å². The van der Waals surface area contributed by atoms with E-state index in [0.29, 0.717) is 27.6 Å². The minimum Gasteiger partial charge on any atom is -0.384 e. The molecule has 3 N–H and O–H groups in total. The first kappa shape index (κ1) is 15.0. The van der Waals surface area contributed by atoms with Crippen molar-refractivity contribution in [3.8, 4) is 0 Å². The van der Waals surface area contributed by atoms with E-state index in [1.807, 2.05) is 0 Å². The zero-order chi connectivity index (χ0) is 14.7. The highest BCUT2D eigenvalue weighted by Crippen LogP contribution is 2.33. The summed E-state index contributed by atoms with van der Waals surface area (Å²) >= 11 is 9.23. The van der Waals surface area contributed by atoms with Crippen molar-refractivity contribution in [3.05, 3.63) is 39.3 Å². The van der Waals surface area contributed by atoms with Crippen molar-refractivity contribution in [1.29, 1.82) is 0 Å². The number of nitrogens with zero attached hydrogens (tertiary/aromatic N) is 2. The number of nitrogen functional groups attached to an aromatic ring is 1. The van der Waals surface area contributed by atoms with Crippen molar-refractivity contribution < 1.29 is 9.13 Å². The van der Waals surface area contributed by atoms with Gasteiger partial charge >= 0.3 is 0 Å². The van der Waals surface area contributed by atoms with Gasteiger partial charge in [0.2, 0.25) is 0 Å². The van der Waals surface area contributed by atoms with E-state index in [0.717, 1.165) is 0 Å². The fourth-order valence-electron chi connectivity index (χ4n) is 1.57. The highest BCUT2D eigenvalue weighted by Gasteiger charge is 2.10. The standard InChI is InChI=1S/C12H11BrClFN4O/c1-20-5-11-17-9(16)4-10(18-11)19-12-7(13)2-6(15)3-8(12)14/h2-4H,5H2,1H3,(H3,16,17,18,19). The number of hydrogen-bond donors (Lipinski definition) is 2. The fourth-order valence-corrected chi connectivity index (χ4v) is 2.46. The lowest BCUT2D eigenvalue weighted by molar-refractivity contribution is 0.178. The van der Waals surface area contributed by atoms with E-state index >= 15 is 0 Å². The molecule has 5 nitrogen and oxygen atoms in total. The number of anilines is 3. The number of benzene rings is 1. The lowest BCUT2D eigenvalue weighted by Gasteiger charge is -2.11. The Bertz CT molecular complexity index is 618. The summed E-state index contributed by atoms with van der Waals surface area (Å²) in [6.45, 7) is 0.234. The van der Waals surface area contributed by atoms with Gasteiger partial charge < -0.3 is 15.8 Å². The molecule has 0 saturated carbocycles. The van der Waals surface area contributed by atoms with E-state index < -0.39 is 5.82 Å². The molecule has 106 valence electrons. The van der Waals surface area contributed by atoms with E-state index in [4.69, 9.17) is 22.1 Å². The fraction of sp³-hybridized carbons (Fsp3) is 0.167. The van der Waals surface area contributed by atoms with E-state index in [-0.39, 0.29) is 11.6 Å². The van der Waals surface area contributed by atoms with Crippen LogP contribution in [-0.4, -0.2) is 17.1 Å². The molecule has 0 saturated heterocycles. The summed E-state index contributed by atoms with van der Waals surface area (Å²) in [5.74, 6) is 0.738. The van der Waals surface area contributed by atoms with Gasteiger partial charge in [-0.05, 0) is 28.1 Å². The summed E-state index contributed by atoms with van der Waals surface area (Å²) in [7, 11) is 1.53. The van der Waals surface area contributed by atoms with Crippen LogP contribution in [0.2, 0.25) is 5.02 Å². The molecule has 0 unspecified atom stereocenters. The third-order valence-corrected chi connectivity index (χ3v) is 3.25. The molecule has 0 aliphatic carbocycles. The maximum atomic E-state index is 13.2. The monoisotopic (exact) mass is 360 g/mol. The Kier molecular flexibility index (Phi) is 4.74. The lowest BCUT2D eigenvalue weighted by Crippen LogP contribution is -2.05. The average Bonchev–Trinajstić information content (AvgIpc) is 2.33. The molecule has 1 aromatic heterocycles. The number of rotatable bonds is 4. The highest BCUT2D eigenvalue weighted by molar-refractivity contribution is 9.10. The summed E-state index contributed by atoms with van der Waals surface area (Å²) in [4.78, 5) is 8.24. The molecule has 2 aromatic rings. The minimum atomic E-state index is -0.435. The van der Waals surface area contributed by atoms with Gasteiger partial charge in [0.1, 0.15) is 24.1 Å². The molecule has 0 aliphatic rings. The molecule has 20 heavy (non-hydrogen) atoms. The van der Waals surface area contributed by atoms with Crippen LogP contribution in [0.25, 0.3) is 0 Å². The number of hydrogen-bond acceptors (Lipinski definition) is 5. The average molecular weight is 362 g/mol. The first-order valence-corrected chi connectivity index (χ1v) is 6.70. The summed E-state index contributed by atoms with van der Waals surface area (Å²) in [5, 5.41) is 3.20. The third-order valence-electron chi connectivity index (χ3n) is 2.33. The zero-order valence-electron chi connectivity index (χ0n) is 10.5. The van der Waals surface area contributed by atoms with Crippen LogP contribution in [0.1, 0.15) is 5.82 Å². The van der Waals surface area contributed by atoms with Crippen molar-refractivity contribution in [3.63, 3.8) is 0 Å². The lowest BCUT2D eigenvalue weighted by atomic mass is 10.3. The summed E-state index contributed by atoms with van der Waals surface area (Å²) in [6, 6.07) is 4.05. The Balaban J connectivity index is 2.35. The van der Waals surface area contributed by atoms with Crippen LogP contribution < -0.4 is 11.1 Å². The van der Waals surface area contributed by atoms with Gasteiger partial charge in [-0.1, -0.05) is 11.6 Å². The first-order valence-electron chi connectivity index (χ1n) is 5.53. The maximum absolute atomic E-state index is 13.2. The van der Waals surface area contributed by atoms with Crippen LogP contribution in [0.15, 0.2) is 22.7 Å². The Labute approximate surface area is 128 Å². The molecule has 1 heterocycles. The Morgan fingerprint density at radius 2 is 2.15 bits per heavy atom. The molecule has 0 aliphatic heterocycles. The number of halogens is 3. The number of methoxy groups -OCH3 is 1. The van der Waals surface area contributed by atoms with E-state index in [9.17, 15) is 4.39 Å². The molecule has 0 radical (unpaired) electrons. The van der Waals surface area contributed by atoms with Crippen LogP contribution in [0.3, 0.4) is 0 Å². The normalized spacial score (nSPS) is 10.6. The zero-order valence-corrected chi connectivity index (χ0v) is 12.8. The van der Waals surface area contributed by atoms with Crippen molar-refractivity contribution in [2.24, 2.45) is 0 Å². The largest absolute Gasteiger partial charge is 0.384 e. The quantitative estimate of drug-likeness (QED) is 0.872. The molecule has 2 rings (SSSR count). The van der Waals surface area contributed by atoms with Gasteiger partial charge in [-0.15, -0.1) is 0 Å². The van der Waals surface area contributed by atoms with E-state index in [2.05, 4.69) is 31.2 Å². The Hall–Kier alpha value is -1.44. The predicted molar refractivity (Wildman–Crippen MR) is 79.6 cm³/mol. The van der Waals surface area contributed by atoms with Crippen LogP contribution in [0, 0.1) is 5.82 Å². The summed E-state index contributed by atoms with van der Waals surface area (Å²) in [6.07, 6.45) is 0. The van der Waals surface area contributed by atoms with Gasteiger partial charge in [0, 0.05) is 17.6 Å². The molecule has 0 bridgehead atoms. The molecule has 0 amide bonds. The second-order valence-corrected chi connectivity index (χ2v) is 5.16. The molecular weight excluding hydrogens is 351 g/mol. The van der Waals surface area contributed by atoms with Crippen LogP contribution in [-0.2, 0) is 11.3 Å². The van der Waals surface area contributed by atoms with Gasteiger partial charge in [0.25, 0.3) is 0 Å². The van der Waals surface area contributed by atoms with Crippen molar-refractivity contribution in [2.75, 3.05) is 18.2 Å². The van der Waals surface area contributed by atoms with Crippen LogP contribution in [0.4, 0.5) is 21.7 Å². The Morgan fingerprint density at radius 1 is 1.40 bits per heavy atom. The molecule has 0 spiro atoms. The van der Waals surface area contributed by atoms with Crippen LogP contribution in [0.5, 0.6) is 0 Å². The second-order valence-electron chi connectivity index (χ2n) is 3.90. The molecule has 8 heteroatoms. The smallest absolute Gasteiger partial charge is 0.158 e. The topological polar surface area (TPSA) is 73.1 Å². The van der Waals surface area contributed by atoms with Gasteiger partial charge in [0.15, 0.2) is 5.82 Å². The second kappa shape index (κ2) is 6.34. The number of ether oxygens (including phenoxy) is 1. The minimum absolute atomic E-state index is 0.224. The Morgan fingerprint density at radius 3 is 2.80 bits per heavy atom. The van der Waals surface area contributed by atoms with Gasteiger partial charge in [-0.2, -0.15) is 0 Å². The molecule has 0 atom stereocenters. The third kappa shape index (κ3) is 3.56. The van der Waals surface area contributed by atoms with Crippen molar-refractivity contribution >= 4 is 44.9 Å². The van der Waals surface area contributed by atoms with E-state index in [1.54, 1.807) is 6.07 Å². The van der Waals surface area contributed by atoms with Gasteiger partial charge in [0.05, 0.1) is 10.7 Å². The number of nitrogens with two attached hydrogens (primary N) is 1. The van der Waals surface area contributed by atoms with Crippen molar-refractivity contribution in [1.82, 2.24) is 9.97 Å². The van der Waals surface area contributed by atoms with Gasteiger partial charge in [-0.25, -0.2) is 14.4 Å². The summed E-state index contributed by atoms with van der Waals surface area (Å²) < 4.78 is 18.6. The molecule has 0 fully saturated rings. The maximum Gasteiger partial charge on any atom is 0.158 e. The van der Waals surface area contributed by atoms with Crippen LogP contribution >= 0.6 is 27.5 Å². The number of nitrogens with one attached hydrogen (secondary N) is 1. The first-order chi connectivity index (χ1) is 9.49. The summed E-state index contributed by atoms with van der Waals surface area (Å²) in [5.41, 5.74) is 6.19. The number of aromatic nitrogens is 2. The molecular formula is C12H11BrClFN4O. The molecule has 1 aromatic carbocycles. The highest BCUT2D eigenvalue weighted by atomic mass is 79.9.